The molecule has 0 radical (unpaired) electrons. The van der Waals surface area contributed by atoms with E-state index in [-0.39, 0.29) is 24.8 Å². The number of nitrogens with one attached hydrogen (secondary N) is 1. The normalized spacial score (nSPS) is 11.3. The van der Waals surface area contributed by atoms with Crippen molar-refractivity contribution in [3.63, 3.8) is 0 Å². The van der Waals surface area contributed by atoms with Crippen LogP contribution in [0.25, 0.3) is 22.4 Å². The van der Waals surface area contributed by atoms with E-state index < -0.39 is 17.6 Å². The maximum Gasteiger partial charge on any atom is 0.330 e. The molecule has 0 atom stereocenters. The van der Waals surface area contributed by atoms with Gasteiger partial charge in [-0.15, -0.1) is 0 Å². The van der Waals surface area contributed by atoms with Gasteiger partial charge in [0.1, 0.15) is 5.82 Å². The molecule has 0 amide bonds. The highest BCUT2D eigenvalue weighted by Gasteiger charge is 2.16. The molecule has 0 aliphatic carbocycles. The van der Waals surface area contributed by atoms with Crippen molar-refractivity contribution in [1.82, 2.24) is 18.9 Å². The van der Waals surface area contributed by atoms with Crippen LogP contribution in [0.2, 0.25) is 0 Å². The number of carbonyl (C=O) groups excluding carboxylic acids is 1. The van der Waals surface area contributed by atoms with Crippen molar-refractivity contribution < 1.29 is 18.3 Å². The van der Waals surface area contributed by atoms with Gasteiger partial charge >= 0.3 is 5.97 Å². The Balaban J connectivity index is 1.88. The van der Waals surface area contributed by atoms with Gasteiger partial charge in [-0.3, -0.25) is 3.97 Å². The maximum absolute atomic E-state index is 14.1. The molecule has 146 valence electrons. The number of hydrogen-bond acceptors (Lipinski definition) is 7. The molecule has 0 saturated heterocycles. The molecule has 0 fully saturated rings. The van der Waals surface area contributed by atoms with Gasteiger partial charge in [-0.05, 0) is 13.0 Å². The lowest BCUT2D eigenvalue weighted by Gasteiger charge is -2.06. The number of fused-ring (bicyclic) bond motifs is 1. The average molecular weight is 517 g/mol. The van der Waals surface area contributed by atoms with Gasteiger partial charge < -0.3 is 10.1 Å². The summed E-state index contributed by atoms with van der Waals surface area (Å²) in [5.41, 5.74) is 1.08. The molecule has 0 bridgehead atoms. The SMILES string of the molecule is CCOC(=O)/C=C/CNc1nc(-c2cn(SI)c3ncc(F)cc23)ncc1F. The minimum atomic E-state index is -0.649. The van der Waals surface area contributed by atoms with Gasteiger partial charge in [0.25, 0.3) is 0 Å². The summed E-state index contributed by atoms with van der Waals surface area (Å²) in [6.45, 7) is 2.14. The highest BCUT2D eigenvalue weighted by molar-refractivity contribution is 14.2. The summed E-state index contributed by atoms with van der Waals surface area (Å²) in [6, 6.07) is 1.34. The number of pyridine rings is 1. The zero-order chi connectivity index (χ0) is 20.1. The molecular weight excluding hydrogens is 503 g/mol. The summed E-state index contributed by atoms with van der Waals surface area (Å²) in [5.74, 6) is -1.43. The van der Waals surface area contributed by atoms with Gasteiger partial charge in [0.2, 0.25) is 0 Å². The molecule has 3 aromatic heterocycles. The van der Waals surface area contributed by atoms with Crippen LogP contribution < -0.4 is 5.32 Å². The summed E-state index contributed by atoms with van der Waals surface area (Å²) < 4.78 is 34.2. The van der Waals surface area contributed by atoms with Gasteiger partial charge in [-0.25, -0.2) is 28.5 Å². The van der Waals surface area contributed by atoms with Crippen LogP contribution in [0.5, 0.6) is 0 Å². The van der Waals surface area contributed by atoms with Gasteiger partial charge in [-0.1, -0.05) is 6.08 Å². The Kier molecular flexibility index (Phi) is 6.78. The van der Waals surface area contributed by atoms with Gasteiger partial charge in [-0.2, -0.15) is 0 Å². The van der Waals surface area contributed by atoms with Crippen molar-refractivity contribution in [3.8, 4) is 11.4 Å². The number of ether oxygens (including phenoxy) is 1. The number of carbonyl (C=O) groups is 1. The molecule has 28 heavy (non-hydrogen) atoms. The van der Waals surface area contributed by atoms with Crippen molar-refractivity contribution in [2.24, 2.45) is 0 Å². The van der Waals surface area contributed by atoms with Crippen molar-refractivity contribution in [2.45, 2.75) is 6.92 Å². The molecule has 0 unspecified atom stereocenters. The molecule has 0 aliphatic heterocycles. The van der Waals surface area contributed by atoms with E-state index >= 15 is 0 Å². The highest BCUT2D eigenvalue weighted by Crippen LogP contribution is 2.33. The smallest absolute Gasteiger partial charge is 0.330 e. The molecule has 1 N–H and O–H groups in total. The molecular formula is C17H14F2IN5O2S. The maximum atomic E-state index is 14.1. The Bertz CT molecular complexity index is 1040. The Morgan fingerprint density at radius 2 is 2.21 bits per heavy atom. The molecule has 11 heteroatoms. The van der Waals surface area contributed by atoms with E-state index in [9.17, 15) is 13.6 Å². The van der Waals surface area contributed by atoms with Gasteiger partial charge in [0, 0.05) is 60.1 Å². The lowest BCUT2D eigenvalue weighted by Crippen LogP contribution is -2.06. The predicted molar refractivity (Wildman–Crippen MR) is 112 cm³/mol. The summed E-state index contributed by atoms with van der Waals surface area (Å²) >= 11 is 2.08. The van der Waals surface area contributed by atoms with Crippen molar-refractivity contribution >= 4 is 53.1 Å². The molecule has 3 heterocycles. The molecule has 0 spiro atoms. The van der Waals surface area contributed by atoms with E-state index in [4.69, 9.17) is 4.74 Å². The number of rotatable bonds is 7. The lowest BCUT2D eigenvalue weighted by molar-refractivity contribution is -0.137. The van der Waals surface area contributed by atoms with Crippen molar-refractivity contribution in [2.75, 3.05) is 18.5 Å². The van der Waals surface area contributed by atoms with E-state index in [0.29, 0.717) is 16.6 Å². The number of nitrogens with zero attached hydrogens (tertiary/aromatic N) is 4. The highest BCUT2D eigenvalue weighted by atomic mass is 127. The van der Waals surface area contributed by atoms with Crippen LogP contribution in [0.1, 0.15) is 6.92 Å². The fourth-order valence-electron chi connectivity index (χ4n) is 2.41. The average Bonchev–Trinajstić information content (AvgIpc) is 3.04. The minimum absolute atomic E-state index is 0.0362. The van der Waals surface area contributed by atoms with E-state index in [0.717, 1.165) is 12.4 Å². The van der Waals surface area contributed by atoms with Crippen LogP contribution in [-0.4, -0.2) is 38.0 Å². The monoisotopic (exact) mass is 517 g/mol. The third-order valence-corrected chi connectivity index (χ3v) is 5.27. The van der Waals surface area contributed by atoms with Gasteiger partial charge in [0.05, 0.1) is 19.0 Å². The predicted octanol–water partition coefficient (Wildman–Crippen LogP) is 4.15. The molecule has 3 aromatic rings. The molecule has 0 saturated carbocycles. The van der Waals surface area contributed by atoms with Crippen LogP contribution >= 0.6 is 30.3 Å². The van der Waals surface area contributed by atoms with Crippen molar-refractivity contribution in [1.29, 1.82) is 0 Å². The number of aromatic nitrogens is 4. The number of hydrogen-bond donors (Lipinski definition) is 1. The molecule has 7 nitrogen and oxygen atoms in total. The van der Waals surface area contributed by atoms with Gasteiger partial charge in [0.15, 0.2) is 23.1 Å². The Labute approximate surface area is 175 Å². The van der Waals surface area contributed by atoms with Crippen LogP contribution in [0.3, 0.4) is 0 Å². The Morgan fingerprint density at radius 1 is 1.39 bits per heavy atom. The number of anilines is 1. The molecule has 0 aliphatic rings. The Morgan fingerprint density at radius 3 is 2.96 bits per heavy atom. The first kappa shape index (κ1) is 20.5. The third-order valence-electron chi connectivity index (χ3n) is 3.57. The van der Waals surface area contributed by atoms with Crippen LogP contribution in [0, 0.1) is 11.6 Å². The van der Waals surface area contributed by atoms with Crippen LogP contribution in [-0.2, 0) is 9.53 Å². The third kappa shape index (κ3) is 4.58. The summed E-state index contributed by atoms with van der Waals surface area (Å²) in [4.78, 5) is 23.6. The standard InChI is InChI=1S/C17H14F2IN5O2S/c1-2-27-14(26)4-3-5-21-16-13(19)8-22-15(24-16)12-9-25(28-20)17-11(12)6-10(18)7-23-17/h3-4,6-9H,2,5H2,1H3,(H,21,22,24)/b4-3+. The topological polar surface area (TPSA) is 81.9 Å². The fraction of sp³-hybridized carbons (Fsp3) is 0.176. The van der Waals surface area contributed by atoms with Crippen molar-refractivity contribution in [3.05, 3.63) is 48.4 Å². The second kappa shape index (κ2) is 9.28. The summed E-state index contributed by atoms with van der Waals surface area (Å²) in [6.07, 6.45) is 6.62. The summed E-state index contributed by atoms with van der Waals surface area (Å²) in [7, 11) is 1.35. The largest absolute Gasteiger partial charge is 0.463 e. The second-order valence-corrected chi connectivity index (χ2v) is 7.10. The van der Waals surface area contributed by atoms with Crippen LogP contribution in [0.4, 0.5) is 14.6 Å². The number of esters is 1. The zero-order valence-electron chi connectivity index (χ0n) is 14.5. The lowest BCUT2D eigenvalue weighted by atomic mass is 10.2. The molecule has 0 aromatic carbocycles. The zero-order valence-corrected chi connectivity index (χ0v) is 17.5. The molecule has 3 rings (SSSR count). The first-order chi connectivity index (χ1) is 13.5. The van der Waals surface area contributed by atoms with E-state index in [2.05, 4.69) is 41.5 Å². The number of halogens is 3. The van der Waals surface area contributed by atoms with E-state index in [1.54, 1.807) is 17.1 Å². The minimum Gasteiger partial charge on any atom is -0.463 e. The quantitative estimate of drug-likeness (QED) is 0.287. The Hall–Kier alpha value is -2.28. The first-order valence-corrected chi connectivity index (χ1v) is 11.4. The first-order valence-electron chi connectivity index (χ1n) is 8.09. The van der Waals surface area contributed by atoms with E-state index in [1.807, 2.05) is 0 Å². The van der Waals surface area contributed by atoms with E-state index in [1.165, 1.54) is 27.3 Å². The second-order valence-electron chi connectivity index (χ2n) is 5.39. The summed E-state index contributed by atoms with van der Waals surface area (Å²) in [5, 5.41) is 3.29. The van der Waals surface area contributed by atoms with Crippen LogP contribution in [0.15, 0.2) is 36.8 Å². The fourth-order valence-corrected chi connectivity index (χ4v) is 3.66.